The van der Waals surface area contributed by atoms with Gasteiger partial charge in [0.15, 0.2) is 23.0 Å². The highest BCUT2D eigenvalue weighted by Crippen LogP contribution is 2.33. The lowest BCUT2D eigenvalue weighted by atomic mass is 9.93. The molecule has 210 valence electrons. The Morgan fingerprint density at radius 2 is 1.56 bits per heavy atom. The minimum absolute atomic E-state index is 0.0742. The van der Waals surface area contributed by atoms with Crippen molar-refractivity contribution in [3.8, 4) is 29.1 Å². The number of carbonyl (C=O) groups excluding carboxylic acids is 2. The number of benzene rings is 3. The fraction of sp³-hybridized carbons (Fsp3) is 0.219. The van der Waals surface area contributed by atoms with Gasteiger partial charge in [-0.2, -0.15) is 5.26 Å². The molecule has 0 radical (unpaired) electrons. The van der Waals surface area contributed by atoms with Crippen LogP contribution in [0.4, 0.5) is 0 Å². The Bertz CT molecular complexity index is 1590. The van der Waals surface area contributed by atoms with Gasteiger partial charge in [0.25, 0.3) is 11.8 Å². The third-order valence-corrected chi connectivity index (χ3v) is 7.11. The van der Waals surface area contributed by atoms with Crippen LogP contribution in [0.2, 0.25) is 5.02 Å². The Hall–Kier alpha value is -4.74. The number of hydrogen-bond acceptors (Lipinski definition) is 7. The molecule has 0 saturated carbocycles. The molecule has 1 aliphatic rings. The molecule has 4 rings (SSSR count). The van der Waals surface area contributed by atoms with Crippen LogP contribution in [0.1, 0.15) is 23.6 Å². The Labute approximate surface area is 244 Å². The zero-order valence-corrected chi connectivity index (χ0v) is 23.9. The smallest absolute Gasteiger partial charge is 0.271 e. The Morgan fingerprint density at radius 3 is 2.24 bits per heavy atom. The second-order valence-electron chi connectivity index (χ2n) is 9.16. The number of imide groups is 1. The third-order valence-electron chi connectivity index (χ3n) is 6.74. The molecule has 0 fully saturated rings. The van der Waals surface area contributed by atoms with Crippen LogP contribution < -0.4 is 18.9 Å². The van der Waals surface area contributed by atoms with E-state index in [1.54, 1.807) is 56.5 Å². The van der Waals surface area contributed by atoms with E-state index in [0.717, 1.165) is 16.0 Å². The fourth-order valence-electron chi connectivity index (χ4n) is 4.44. The topological polar surface area (TPSA) is 98.1 Å². The van der Waals surface area contributed by atoms with Crippen molar-refractivity contribution in [1.82, 2.24) is 4.90 Å². The van der Waals surface area contributed by atoms with Gasteiger partial charge in [-0.05, 0) is 66.5 Å². The number of ether oxygens (including phenoxy) is 4. The number of halogens is 1. The summed E-state index contributed by atoms with van der Waals surface area (Å²) in [4.78, 5) is 27.7. The maximum Gasteiger partial charge on any atom is 0.271 e. The Balaban J connectivity index is 1.59. The summed E-state index contributed by atoms with van der Waals surface area (Å²) in [7, 11) is 4.61. The average Bonchev–Trinajstić information content (AvgIpc) is 2.99. The van der Waals surface area contributed by atoms with Crippen molar-refractivity contribution in [1.29, 1.82) is 5.26 Å². The van der Waals surface area contributed by atoms with Gasteiger partial charge in [0.1, 0.15) is 18.2 Å². The Morgan fingerprint density at radius 1 is 0.878 bits per heavy atom. The summed E-state index contributed by atoms with van der Waals surface area (Å²) in [5, 5.41) is 10.4. The molecule has 2 amide bonds. The van der Waals surface area contributed by atoms with Gasteiger partial charge in [0, 0.05) is 22.7 Å². The molecular weight excluding hydrogens is 544 g/mol. The highest BCUT2D eigenvalue weighted by molar-refractivity contribution is 6.31. The van der Waals surface area contributed by atoms with Crippen molar-refractivity contribution < 1.29 is 28.5 Å². The summed E-state index contributed by atoms with van der Waals surface area (Å²) in [5.74, 6) is 0.981. The molecule has 0 atom stereocenters. The molecular formula is C32H29ClN2O6. The van der Waals surface area contributed by atoms with Gasteiger partial charge in [-0.15, -0.1) is 0 Å². The van der Waals surface area contributed by atoms with E-state index < -0.39 is 11.8 Å². The minimum atomic E-state index is -0.617. The fourth-order valence-corrected chi connectivity index (χ4v) is 4.63. The van der Waals surface area contributed by atoms with Crippen LogP contribution in [-0.2, 0) is 22.6 Å². The standard InChI is InChI=1S/C32H29ClN2O6/c1-20-24(15-22-10-12-28(30(17-22)40-4)41-19-23-7-5-6-8-26(23)33)31(36)35(32(37)25(20)18-34)14-13-21-9-11-27(38-2)29(16-21)39-3/h5-12,15-17H,13-14,19H2,1-4H3/b24-15+. The molecule has 0 aromatic heterocycles. The number of nitrogens with zero attached hydrogens (tertiary/aromatic N) is 2. The molecule has 0 N–H and O–H groups in total. The highest BCUT2D eigenvalue weighted by Gasteiger charge is 2.35. The van der Waals surface area contributed by atoms with Crippen LogP contribution in [0.15, 0.2) is 77.4 Å². The molecule has 1 heterocycles. The van der Waals surface area contributed by atoms with Crippen LogP contribution >= 0.6 is 11.6 Å². The van der Waals surface area contributed by atoms with E-state index in [1.807, 2.05) is 30.3 Å². The summed E-state index contributed by atoms with van der Waals surface area (Å²) in [6.45, 7) is 1.94. The first-order chi connectivity index (χ1) is 19.8. The first-order valence-electron chi connectivity index (χ1n) is 12.8. The molecule has 3 aromatic carbocycles. The van der Waals surface area contributed by atoms with Crippen LogP contribution in [-0.4, -0.2) is 44.6 Å². The van der Waals surface area contributed by atoms with Crippen molar-refractivity contribution in [2.24, 2.45) is 0 Å². The monoisotopic (exact) mass is 572 g/mol. The summed E-state index contributed by atoms with van der Waals surface area (Å²) >= 11 is 6.24. The molecule has 41 heavy (non-hydrogen) atoms. The van der Waals surface area contributed by atoms with Gasteiger partial charge in [0.2, 0.25) is 0 Å². The molecule has 9 heteroatoms. The molecule has 8 nitrogen and oxygen atoms in total. The minimum Gasteiger partial charge on any atom is -0.493 e. The van der Waals surface area contributed by atoms with E-state index in [2.05, 4.69) is 0 Å². The highest BCUT2D eigenvalue weighted by atomic mass is 35.5. The SMILES string of the molecule is COc1ccc(CCN2C(=O)C(C#N)=C(C)/C(=C\c3ccc(OCc4ccccc4Cl)c(OC)c3)C2=O)cc1OC. The van der Waals surface area contributed by atoms with E-state index in [0.29, 0.717) is 45.6 Å². The van der Waals surface area contributed by atoms with Crippen molar-refractivity contribution in [2.45, 2.75) is 20.0 Å². The van der Waals surface area contributed by atoms with Gasteiger partial charge in [0.05, 0.1) is 21.3 Å². The maximum atomic E-state index is 13.5. The Kier molecular flexibility index (Phi) is 9.33. The average molecular weight is 573 g/mol. The van der Waals surface area contributed by atoms with Crippen molar-refractivity contribution in [3.63, 3.8) is 0 Å². The number of nitriles is 1. The zero-order chi connectivity index (χ0) is 29.5. The van der Waals surface area contributed by atoms with E-state index in [-0.39, 0.29) is 24.3 Å². The number of methoxy groups -OCH3 is 3. The van der Waals surface area contributed by atoms with Gasteiger partial charge in [-0.1, -0.05) is 41.9 Å². The van der Waals surface area contributed by atoms with Gasteiger partial charge in [-0.25, -0.2) is 0 Å². The first kappa shape index (κ1) is 29.2. The van der Waals surface area contributed by atoms with E-state index in [1.165, 1.54) is 14.2 Å². The second-order valence-corrected chi connectivity index (χ2v) is 9.57. The van der Waals surface area contributed by atoms with Crippen LogP contribution in [0.25, 0.3) is 6.08 Å². The molecule has 0 saturated heterocycles. The summed E-state index contributed by atoms with van der Waals surface area (Å²) in [6, 6.07) is 20.0. The normalized spacial score (nSPS) is 14.2. The second kappa shape index (κ2) is 13.1. The number of hydrogen-bond donors (Lipinski definition) is 0. The first-order valence-corrected chi connectivity index (χ1v) is 13.1. The van der Waals surface area contributed by atoms with Gasteiger partial charge < -0.3 is 18.9 Å². The molecule has 0 unspecified atom stereocenters. The number of amides is 2. The van der Waals surface area contributed by atoms with Crippen LogP contribution in [0, 0.1) is 11.3 Å². The lowest BCUT2D eigenvalue weighted by molar-refractivity contribution is -0.140. The van der Waals surface area contributed by atoms with Crippen molar-refractivity contribution in [2.75, 3.05) is 27.9 Å². The lowest BCUT2D eigenvalue weighted by Gasteiger charge is -2.27. The molecule has 3 aromatic rings. The molecule has 0 spiro atoms. The van der Waals surface area contributed by atoms with Crippen LogP contribution in [0.3, 0.4) is 0 Å². The molecule has 1 aliphatic heterocycles. The third kappa shape index (κ3) is 6.37. The van der Waals surface area contributed by atoms with E-state index >= 15 is 0 Å². The zero-order valence-electron chi connectivity index (χ0n) is 23.2. The molecule has 0 bridgehead atoms. The van der Waals surface area contributed by atoms with Gasteiger partial charge in [-0.3, -0.25) is 14.5 Å². The van der Waals surface area contributed by atoms with E-state index in [4.69, 9.17) is 30.5 Å². The van der Waals surface area contributed by atoms with Crippen molar-refractivity contribution >= 4 is 29.5 Å². The molecule has 0 aliphatic carbocycles. The predicted octanol–water partition coefficient (Wildman–Crippen LogP) is 5.78. The largest absolute Gasteiger partial charge is 0.493 e. The number of carbonyl (C=O) groups is 2. The van der Waals surface area contributed by atoms with Gasteiger partial charge >= 0.3 is 0 Å². The van der Waals surface area contributed by atoms with E-state index in [9.17, 15) is 14.9 Å². The summed E-state index contributed by atoms with van der Waals surface area (Å²) < 4.78 is 22.1. The summed E-state index contributed by atoms with van der Waals surface area (Å²) in [6.07, 6.45) is 2.01. The lowest BCUT2D eigenvalue weighted by Crippen LogP contribution is -2.43. The quantitative estimate of drug-likeness (QED) is 0.224. The summed E-state index contributed by atoms with van der Waals surface area (Å²) in [5.41, 5.74) is 2.81. The van der Waals surface area contributed by atoms with Crippen molar-refractivity contribution in [3.05, 3.63) is 99.1 Å². The number of rotatable bonds is 10. The predicted molar refractivity (Wildman–Crippen MR) is 155 cm³/mol. The van der Waals surface area contributed by atoms with Crippen LogP contribution in [0.5, 0.6) is 23.0 Å². The maximum absolute atomic E-state index is 13.5.